The van der Waals surface area contributed by atoms with Crippen molar-refractivity contribution in [3.05, 3.63) is 95.9 Å². The number of nitrogens with zero attached hydrogens (tertiary/aromatic N) is 2. The van der Waals surface area contributed by atoms with E-state index in [0.717, 1.165) is 33.3 Å². The minimum absolute atomic E-state index is 0.0854. The number of thioether (sulfide) groups is 1. The first-order valence-electron chi connectivity index (χ1n) is 9.28. The molecule has 0 unspecified atom stereocenters. The van der Waals surface area contributed by atoms with Crippen molar-refractivity contribution in [2.24, 2.45) is 0 Å². The number of amides is 1. The first kappa shape index (κ1) is 19.1. The number of carbonyl (C=O) groups is 1. The molecule has 0 spiro atoms. The summed E-state index contributed by atoms with van der Waals surface area (Å²) in [7, 11) is 1.64. The van der Waals surface area contributed by atoms with E-state index in [2.05, 4.69) is 10.3 Å². The second-order valence-electron chi connectivity index (χ2n) is 6.54. The molecule has 0 aliphatic rings. The van der Waals surface area contributed by atoms with E-state index in [1.807, 2.05) is 83.5 Å². The topological polar surface area (TPSA) is 55.6 Å². The van der Waals surface area contributed by atoms with Crippen molar-refractivity contribution in [1.29, 1.82) is 0 Å². The van der Waals surface area contributed by atoms with Crippen LogP contribution in [0.5, 0.6) is 5.75 Å². The van der Waals surface area contributed by atoms with Crippen LogP contribution in [-0.2, 0) is 12.3 Å². The first-order valence-corrected chi connectivity index (χ1v) is 10.3. The van der Waals surface area contributed by atoms with Crippen molar-refractivity contribution in [3.63, 3.8) is 0 Å². The second-order valence-corrected chi connectivity index (χ2v) is 7.59. The molecule has 4 aromatic rings. The number of aromatic nitrogens is 2. The highest BCUT2D eigenvalue weighted by Crippen LogP contribution is 2.23. The Bertz CT molecular complexity index is 1070. The molecule has 2 aromatic heterocycles. The van der Waals surface area contributed by atoms with Gasteiger partial charge in [0.25, 0.3) is 5.91 Å². The summed E-state index contributed by atoms with van der Waals surface area (Å²) in [6, 6.07) is 21.3. The van der Waals surface area contributed by atoms with Crippen LogP contribution in [0.4, 0.5) is 0 Å². The fourth-order valence-electron chi connectivity index (χ4n) is 2.94. The number of pyridine rings is 1. The standard InChI is InChI=1S/C23H21N3O2S/c1-28-20-9-5-17(6-10-20)14-24-23(27)18-7-11-21(12-8-18)29-16-19-15-26-13-3-2-4-22(26)25-19/h2-13,15H,14,16H2,1H3,(H,24,27). The van der Waals surface area contributed by atoms with Gasteiger partial charge in [0.1, 0.15) is 11.4 Å². The SMILES string of the molecule is COc1ccc(CNC(=O)c2ccc(SCc3cn4ccccc4n3)cc2)cc1. The zero-order chi connectivity index (χ0) is 20.1. The monoisotopic (exact) mass is 403 g/mol. The van der Waals surface area contributed by atoms with Gasteiger partial charge in [-0.15, -0.1) is 11.8 Å². The molecule has 0 aliphatic carbocycles. The lowest BCUT2D eigenvalue weighted by atomic mass is 10.2. The number of hydrogen-bond acceptors (Lipinski definition) is 4. The zero-order valence-corrected chi connectivity index (χ0v) is 16.9. The minimum atomic E-state index is -0.0854. The fourth-order valence-corrected chi connectivity index (χ4v) is 3.73. The molecule has 1 amide bonds. The molecule has 6 heteroatoms. The summed E-state index contributed by atoms with van der Waals surface area (Å²) < 4.78 is 7.16. The maximum atomic E-state index is 12.4. The Morgan fingerprint density at radius 3 is 2.59 bits per heavy atom. The van der Waals surface area contributed by atoms with Crippen LogP contribution in [0.2, 0.25) is 0 Å². The predicted octanol–water partition coefficient (Wildman–Crippen LogP) is 4.57. The van der Waals surface area contributed by atoms with E-state index in [-0.39, 0.29) is 5.91 Å². The molecule has 29 heavy (non-hydrogen) atoms. The van der Waals surface area contributed by atoms with Gasteiger partial charge >= 0.3 is 0 Å². The van der Waals surface area contributed by atoms with E-state index in [1.165, 1.54) is 0 Å². The van der Waals surface area contributed by atoms with Gasteiger partial charge < -0.3 is 14.5 Å². The van der Waals surface area contributed by atoms with Crippen LogP contribution < -0.4 is 10.1 Å². The summed E-state index contributed by atoms with van der Waals surface area (Å²) in [6.07, 6.45) is 4.04. The van der Waals surface area contributed by atoms with Gasteiger partial charge in [-0.25, -0.2) is 4.98 Å². The molecule has 1 N–H and O–H groups in total. The van der Waals surface area contributed by atoms with Crippen LogP contribution in [-0.4, -0.2) is 22.4 Å². The number of fused-ring (bicyclic) bond motifs is 1. The molecule has 0 fully saturated rings. The zero-order valence-electron chi connectivity index (χ0n) is 16.0. The van der Waals surface area contributed by atoms with Gasteiger partial charge in [-0.05, 0) is 54.1 Å². The number of methoxy groups -OCH3 is 1. The highest BCUT2D eigenvalue weighted by molar-refractivity contribution is 7.98. The number of benzene rings is 2. The maximum Gasteiger partial charge on any atom is 0.251 e. The molecule has 146 valence electrons. The molecule has 2 aromatic carbocycles. The number of imidazole rings is 1. The Balaban J connectivity index is 1.31. The van der Waals surface area contributed by atoms with Crippen LogP contribution >= 0.6 is 11.8 Å². The van der Waals surface area contributed by atoms with Gasteiger partial charge in [0.05, 0.1) is 12.8 Å². The second kappa shape index (κ2) is 8.84. The summed E-state index contributed by atoms with van der Waals surface area (Å²) >= 11 is 1.70. The van der Waals surface area contributed by atoms with Gasteiger partial charge in [-0.3, -0.25) is 4.79 Å². The van der Waals surface area contributed by atoms with Gasteiger partial charge in [-0.2, -0.15) is 0 Å². The third-order valence-corrected chi connectivity index (χ3v) is 5.57. The molecule has 0 bridgehead atoms. The van der Waals surface area contributed by atoms with Crippen molar-refractivity contribution in [1.82, 2.24) is 14.7 Å². The summed E-state index contributed by atoms with van der Waals surface area (Å²) in [5.74, 6) is 1.50. The van der Waals surface area contributed by atoms with Gasteiger partial charge in [0.2, 0.25) is 0 Å². The minimum Gasteiger partial charge on any atom is -0.497 e. The Kier molecular flexibility index (Phi) is 5.81. The van der Waals surface area contributed by atoms with Crippen molar-refractivity contribution < 1.29 is 9.53 Å². The third kappa shape index (κ3) is 4.78. The Labute approximate surface area is 173 Å². The average Bonchev–Trinajstić information content (AvgIpc) is 3.20. The largest absolute Gasteiger partial charge is 0.497 e. The van der Waals surface area contributed by atoms with Crippen LogP contribution in [0.3, 0.4) is 0 Å². The molecule has 2 heterocycles. The quantitative estimate of drug-likeness (QED) is 0.460. The summed E-state index contributed by atoms with van der Waals surface area (Å²) in [6.45, 7) is 0.479. The first-order chi connectivity index (χ1) is 14.2. The maximum absolute atomic E-state index is 12.4. The number of rotatable bonds is 7. The van der Waals surface area contributed by atoms with Crippen molar-refractivity contribution in [3.8, 4) is 5.75 Å². The Morgan fingerprint density at radius 1 is 1.07 bits per heavy atom. The molecule has 0 aliphatic heterocycles. The van der Waals surface area contributed by atoms with E-state index in [0.29, 0.717) is 12.1 Å². The van der Waals surface area contributed by atoms with Crippen LogP contribution in [0.15, 0.2) is 84.0 Å². The summed E-state index contributed by atoms with van der Waals surface area (Å²) in [4.78, 5) is 18.1. The Morgan fingerprint density at radius 2 is 1.86 bits per heavy atom. The molecule has 5 nitrogen and oxygen atoms in total. The smallest absolute Gasteiger partial charge is 0.251 e. The third-order valence-electron chi connectivity index (χ3n) is 4.53. The summed E-state index contributed by atoms with van der Waals surface area (Å²) in [5, 5.41) is 2.95. The van der Waals surface area contributed by atoms with Gasteiger partial charge in [-0.1, -0.05) is 18.2 Å². The average molecular weight is 404 g/mol. The number of carbonyl (C=O) groups excluding carboxylic acids is 1. The molecule has 0 saturated heterocycles. The molecule has 0 saturated carbocycles. The van der Waals surface area contributed by atoms with Crippen molar-refractivity contribution in [2.45, 2.75) is 17.2 Å². The number of ether oxygens (including phenoxy) is 1. The number of hydrogen-bond donors (Lipinski definition) is 1. The lowest BCUT2D eigenvalue weighted by molar-refractivity contribution is 0.0951. The van der Waals surface area contributed by atoms with E-state index in [9.17, 15) is 4.79 Å². The van der Waals surface area contributed by atoms with Crippen LogP contribution in [0.1, 0.15) is 21.6 Å². The van der Waals surface area contributed by atoms with Crippen molar-refractivity contribution >= 4 is 23.3 Å². The highest BCUT2D eigenvalue weighted by Gasteiger charge is 2.07. The van der Waals surface area contributed by atoms with Crippen molar-refractivity contribution in [2.75, 3.05) is 7.11 Å². The van der Waals surface area contributed by atoms with Crippen LogP contribution in [0.25, 0.3) is 5.65 Å². The molecule has 0 radical (unpaired) electrons. The Hall–Kier alpha value is -3.25. The van der Waals surface area contributed by atoms with E-state index in [1.54, 1.807) is 18.9 Å². The molecular formula is C23H21N3O2S. The lowest BCUT2D eigenvalue weighted by Crippen LogP contribution is -2.22. The van der Waals surface area contributed by atoms with E-state index < -0.39 is 0 Å². The summed E-state index contributed by atoms with van der Waals surface area (Å²) in [5.41, 5.74) is 3.66. The normalized spacial score (nSPS) is 10.8. The molecule has 4 rings (SSSR count). The fraction of sp³-hybridized carbons (Fsp3) is 0.130. The van der Waals surface area contributed by atoms with Gasteiger partial charge in [0.15, 0.2) is 0 Å². The molecule has 0 atom stereocenters. The number of nitrogens with one attached hydrogen (secondary N) is 1. The predicted molar refractivity (Wildman–Crippen MR) is 115 cm³/mol. The lowest BCUT2D eigenvalue weighted by Gasteiger charge is -2.07. The van der Waals surface area contributed by atoms with E-state index >= 15 is 0 Å². The van der Waals surface area contributed by atoms with E-state index in [4.69, 9.17) is 4.74 Å². The van der Waals surface area contributed by atoms with Gasteiger partial charge in [0, 0.05) is 35.2 Å². The molecular weight excluding hydrogens is 382 g/mol. The highest BCUT2D eigenvalue weighted by atomic mass is 32.2. The van der Waals surface area contributed by atoms with Crippen LogP contribution in [0, 0.1) is 0 Å².